The van der Waals surface area contributed by atoms with Crippen LogP contribution < -0.4 is 9.39 Å². The van der Waals surface area contributed by atoms with E-state index in [9.17, 15) is 0 Å². The number of aromatic nitrogens is 2. The fraction of sp³-hybridized carbons (Fsp3) is 0.0556. The van der Waals surface area contributed by atoms with Gasteiger partial charge in [0, 0.05) is 23.0 Å². The number of para-hydroxylation sites is 1. The predicted molar refractivity (Wildman–Crippen MR) is 95.1 cm³/mol. The number of rotatable bonds is 4. The minimum atomic E-state index is -0.402. The second kappa shape index (κ2) is 5.90. The Bertz CT molecular complexity index is 1020. The maximum Gasteiger partial charge on any atom is 0.504 e. The van der Waals surface area contributed by atoms with Crippen molar-refractivity contribution in [2.75, 3.05) is 7.11 Å². The van der Waals surface area contributed by atoms with Crippen LogP contribution in [-0.4, -0.2) is 29.4 Å². The van der Waals surface area contributed by atoms with Crippen molar-refractivity contribution in [3.05, 3.63) is 60.8 Å². The molecule has 4 rings (SSSR count). The van der Waals surface area contributed by atoms with Gasteiger partial charge in [0.1, 0.15) is 11.6 Å². The normalized spacial score (nSPS) is 10.9. The number of hydrogen-bond donors (Lipinski definition) is 1. The summed E-state index contributed by atoms with van der Waals surface area (Å²) in [4.78, 5) is 4.49. The predicted octanol–water partition coefficient (Wildman–Crippen LogP) is 2.82. The van der Waals surface area contributed by atoms with Gasteiger partial charge in [-0.3, -0.25) is 4.57 Å². The van der Waals surface area contributed by atoms with Gasteiger partial charge >= 0.3 is 7.69 Å². The number of ether oxygens (including phenoxy) is 1. The summed E-state index contributed by atoms with van der Waals surface area (Å²) in [5.41, 5.74) is 2.02. The molecule has 0 radical (unpaired) electrons. The third-order valence-corrected chi connectivity index (χ3v) is 4.06. The van der Waals surface area contributed by atoms with Crippen molar-refractivity contribution in [2.45, 2.75) is 0 Å². The maximum absolute atomic E-state index is 9.12. The van der Waals surface area contributed by atoms with Crippen LogP contribution in [0.15, 0.2) is 60.8 Å². The van der Waals surface area contributed by atoms with Gasteiger partial charge in [-0.2, -0.15) is 0 Å². The molecule has 0 fully saturated rings. The highest BCUT2D eigenvalue weighted by molar-refractivity contribution is 6.18. The molecule has 0 aliphatic carbocycles. The molecule has 0 saturated carbocycles. The Morgan fingerprint density at radius 3 is 2.54 bits per heavy atom. The molecule has 2 aromatic carbocycles. The van der Waals surface area contributed by atoms with E-state index >= 15 is 0 Å². The first kappa shape index (κ1) is 14.6. The molecular formula is C18H15BN2O3. The molecule has 0 bridgehead atoms. The molecule has 1 N–H and O–H groups in total. The van der Waals surface area contributed by atoms with Gasteiger partial charge in [0.15, 0.2) is 5.75 Å². The molecule has 2 heterocycles. The monoisotopic (exact) mass is 318 g/mol. The summed E-state index contributed by atoms with van der Waals surface area (Å²) < 4.78 is 12.8. The van der Waals surface area contributed by atoms with Gasteiger partial charge in [-0.05, 0) is 24.3 Å². The average molecular weight is 318 g/mol. The Kier molecular flexibility index (Phi) is 3.59. The second-order valence-electron chi connectivity index (χ2n) is 5.33. The standard InChI is InChI=1S/C18H15BN2O3/c1-23-16-11-15-13(10-17(16)24-19-22)12-6-2-3-7-14(12)21(15)18-8-4-5-9-20-18/h2-11,19,22H,1H3. The highest BCUT2D eigenvalue weighted by Crippen LogP contribution is 2.38. The lowest BCUT2D eigenvalue weighted by molar-refractivity contribution is 0.382. The van der Waals surface area contributed by atoms with Crippen LogP contribution in [0.3, 0.4) is 0 Å². The Hall–Kier alpha value is -2.99. The molecule has 0 spiro atoms. The summed E-state index contributed by atoms with van der Waals surface area (Å²) in [7, 11) is 1.18. The summed E-state index contributed by atoms with van der Waals surface area (Å²) in [6.45, 7) is 0. The fourth-order valence-corrected chi connectivity index (χ4v) is 3.05. The van der Waals surface area contributed by atoms with Crippen molar-refractivity contribution < 1.29 is 14.4 Å². The highest BCUT2D eigenvalue weighted by Gasteiger charge is 2.16. The van der Waals surface area contributed by atoms with Crippen LogP contribution in [0.25, 0.3) is 27.6 Å². The summed E-state index contributed by atoms with van der Waals surface area (Å²) in [5.74, 6) is 1.91. The van der Waals surface area contributed by atoms with Gasteiger partial charge in [-0.1, -0.05) is 24.3 Å². The summed E-state index contributed by atoms with van der Waals surface area (Å²) in [5, 5.41) is 11.2. The molecule has 0 atom stereocenters. The third kappa shape index (κ3) is 2.20. The van der Waals surface area contributed by atoms with E-state index < -0.39 is 7.69 Å². The Morgan fingerprint density at radius 2 is 1.79 bits per heavy atom. The van der Waals surface area contributed by atoms with Crippen molar-refractivity contribution in [1.29, 1.82) is 0 Å². The van der Waals surface area contributed by atoms with E-state index in [1.165, 1.54) is 0 Å². The zero-order chi connectivity index (χ0) is 16.5. The lowest BCUT2D eigenvalue weighted by Crippen LogP contribution is -2.02. The summed E-state index contributed by atoms with van der Waals surface area (Å²) in [6.07, 6.45) is 1.77. The molecule has 118 valence electrons. The molecule has 2 aromatic heterocycles. The van der Waals surface area contributed by atoms with Gasteiger partial charge in [0.2, 0.25) is 0 Å². The number of benzene rings is 2. The third-order valence-electron chi connectivity index (χ3n) is 4.06. The first-order valence-corrected chi connectivity index (χ1v) is 7.59. The van der Waals surface area contributed by atoms with Crippen LogP contribution >= 0.6 is 0 Å². The number of pyridine rings is 1. The molecular weight excluding hydrogens is 303 g/mol. The van der Waals surface area contributed by atoms with E-state index in [0.717, 1.165) is 27.6 Å². The lowest BCUT2D eigenvalue weighted by atomic mass is 10.1. The number of methoxy groups -OCH3 is 1. The zero-order valence-electron chi connectivity index (χ0n) is 13.1. The molecule has 24 heavy (non-hydrogen) atoms. The SMILES string of the molecule is COc1cc2c(cc1OBO)c1ccccc1n2-c1ccccn1. The minimum Gasteiger partial charge on any atom is -0.536 e. The van der Waals surface area contributed by atoms with Crippen LogP contribution in [0.2, 0.25) is 0 Å². The molecule has 5 nitrogen and oxygen atoms in total. The summed E-state index contributed by atoms with van der Waals surface area (Å²) >= 11 is 0. The van der Waals surface area contributed by atoms with Gasteiger partial charge in [0.25, 0.3) is 0 Å². The van der Waals surface area contributed by atoms with Crippen LogP contribution in [0, 0.1) is 0 Å². The van der Waals surface area contributed by atoms with Crippen molar-refractivity contribution in [1.82, 2.24) is 9.55 Å². The Balaban J connectivity index is 2.13. The van der Waals surface area contributed by atoms with Crippen LogP contribution in [0.5, 0.6) is 11.5 Å². The van der Waals surface area contributed by atoms with Crippen LogP contribution in [-0.2, 0) is 0 Å². The van der Waals surface area contributed by atoms with E-state index in [1.54, 1.807) is 13.3 Å². The highest BCUT2D eigenvalue weighted by atomic mass is 16.5. The van der Waals surface area contributed by atoms with Crippen LogP contribution in [0.1, 0.15) is 0 Å². The van der Waals surface area contributed by atoms with Gasteiger partial charge < -0.3 is 14.4 Å². The molecule has 0 amide bonds. The van der Waals surface area contributed by atoms with Crippen LogP contribution in [0.4, 0.5) is 0 Å². The Morgan fingerprint density at radius 1 is 0.958 bits per heavy atom. The topological polar surface area (TPSA) is 56.5 Å². The molecule has 6 heteroatoms. The molecule has 0 unspecified atom stereocenters. The zero-order valence-corrected chi connectivity index (χ0v) is 13.1. The van der Waals surface area contributed by atoms with E-state index in [2.05, 4.69) is 21.7 Å². The first-order chi connectivity index (χ1) is 11.8. The van der Waals surface area contributed by atoms with Gasteiger partial charge in [0.05, 0.1) is 18.1 Å². The van der Waals surface area contributed by atoms with Crippen molar-refractivity contribution in [3.8, 4) is 17.3 Å². The number of hydrogen-bond acceptors (Lipinski definition) is 4. The van der Waals surface area contributed by atoms with E-state index in [-0.39, 0.29) is 0 Å². The number of fused-ring (bicyclic) bond motifs is 3. The Labute approximate surface area is 139 Å². The fourth-order valence-electron chi connectivity index (χ4n) is 3.05. The van der Waals surface area contributed by atoms with E-state index in [4.69, 9.17) is 14.4 Å². The summed E-state index contributed by atoms with van der Waals surface area (Å²) in [6, 6.07) is 17.8. The van der Waals surface area contributed by atoms with Crippen molar-refractivity contribution in [2.24, 2.45) is 0 Å². The van der Waals surface area contributed by atoms with E-state index in [0.29, 0.717) is 11.5 Å². The smallest absolute Gasteiger partial charge is 0.504 e. The van der Waals surface area contributed by atoms with Crippen molar-refractivity contribution >= 4 is 29.5 Å². The molecule has 0 aliphatic heterocycles. The first-order valence-electron chi connectivity index (χ1n) is 7.59. The van der Waals surface area contributed by atoms with E-state index in [1.807, 2.05) is 42.5 Å². The van der Waals surface area contributed by atoms with Gasteiger partial charge in [-0.25, -0.2) is 4.98 Å². The quantitative estimate of drug-likeness (QED) is 0.588. The molecule has 4 aromatic rings. The lowest BCUT2D eigenvalue weighted by Gasteiger charge is -2.11. The molecule has 0 aliphatic rings. The maximum atomic E-state index is 9.12. The second-order valence-corrected chi connectivity index (χ2v) is 5.33. The van der Waals surface area contributed by atoms with Crippen molar-refractivity contribution in [3.63, 3.8) is 0 Å². The number of nitrogens with zero attached hydrogens (tertiary/aromatic N) is 2. The molecule has 0 saturated heterocycles. The largest absolute Gasteiger partial charge is 0.536 e. The van der Waals surface area contributed by atoms with Gasteiger partial charge in [-0.15, -0.1) is 0 Å². The average Bonchev–Trinajstić information content (AvgIpc) is 2.95. The minimum absolute atomic E-state index is 0.402.